The Morgan fingerprint density at radius 1 is 1.25 bits per heavy atom. The van der Waals surface area contributed by atoms with Gasteiger partial charge < -0.3 is 15.5 Å². The summed E-state index contributed by atoms with van der Waals surface area (Å²) < 4.78 is 0. The van der Waals surface area contributed by atoms with Crippen LogP contribution in [0.25, 0.3) is 0 Å². The first-order valence-electron chi connectivity index (χ1n) is 9.41. The van der Waals surface area contributed by atoms with Gasteiger partial charge in [-0.1, -0.05) is 36.8 Å². The maximum absolute atomic E-state index is 12.4. The predicted molar refractivity (Wildman–Crippen MR) is 105 cm³/mol. The Morgan fingerprint density at radius 3 is 2.68 bits per heavy atom. The monoisotopic (exact) mass is 407 g/mol. The van der Waals surface area contributed by atoms with Crippen LogP contribution in [0.3, 0.4) is 0 Å². The first-order valence-corrected chi connectivity index (χ1v) is 10.5. The molecular formula is C19H25N3O5S. The van der Waals surface area contributed by atoms with Gasteiger partial charge in [0, 0.05) is 23.8 Å². The number of nitrogens with one attached hydrogen (secondary N) is 2. The molecule has 2 saturated heterocycles. The highest BCUT2D eigenvalue weighted by molar-refractivity contribution is 8.00. The number of unbranched alkanes of at least 4 members (excludes halogenated alkanes) is 1. The van der Waals surface area contributed by atoms with Crippen LogP contribution in [0.5, 0.6) is 0 Å². The third kappa shape index (κ3) is 4.96. The van der Waals surface area contributed by atoms with Gasteiger partial charge in [0.25, 0.3) is 0 Å². The Hall–Kier alpha value is -2.26. The number of aliphatic carboxylic acids is 2. The van der Waals surface area contributed by atoms with Crippen LogP contribution in [0.4, 0.5) is 4.79 Å². The second-order valence-corrected chi connectivity index (χ2v) is 8.41. The molecular weight excluding hydrogens is 382 g/mol. The van der Waals surface area contributed by atoms with E-state index in [1.807, 2.05) is 30.3 Å². The normalized spacial score (nSPS) is 24.6. The van der Waals surface area contributed by atoms with Gasteiger partial charge in [0.15, 0.2) is 0 Å². The molecule has 152 valence electrons. The van der Waals surface area contributed by atoms with Crippen molar-refractivity contribution in [2.24, 2.45) is 0 Å². The SMILES string of the molecule is O=C(O)CCCC[C@@H]1SC[C@@H]2NC(=O)N(N[C@@H](Cc3ccccc3)C(=O)O)[C@@H]21. The van der Waals surface area contributed by atoms with Crippen LogP contribution >= 0.6 is 11.8 Å². The lowest BCUT2D eigenvalue weighted by atomic mass is 10.0. The van der Waals surface area contributed by atoms with Crippen molar-refractivity contribution in [3.8, 4) is 0 Å². The highest BCUT2D eigenvalue weighted by atomic mass is 32.2. The second kappa shape index (κ2) is 9.29. The predicted octanol–water partition coefficient (Wildman–Crippen LogP) is 1.71. The number of carboxylic acids is 2. The number of thioether (sulfide) groups is 1. The molecule has 9 heteroatoms. The fourth-order valence-corrected chi connectivity index (χ4v) is 5.32. The second-order valence-electron chi connectivity index (χ2n) is 7.14. The van der Waals surface area contributed by atoms with Crippen LogP contribution in [0.1, 0.15) is 31.2 Å². The number of hydrogen-bond acceptors (Lipinski definition) is 5. The summed E-state index contributed by atoms with van der Waals surface area (Å²) in [5.41, 5.74) is 3.82. The van der Waals surface area contributed by atoms with Crippen molar-refractivity contribution in [1.29, 1.82) is 0 Å². The molecule has 8 nitrogen and oxygen atoms in total. The zero-order valence-electron chi connectivity index (χ0n) is 15.4. The van der Waals surface area contributed by atoms with Crippen molar-refractivity contribution in [2.75, 3.05) is 5.75 Å². The van der Waals surface area contributed by atoms with Crippen LogP contribution in [0, 0.1) is 0 Å². The zero-order valence-corrected chi connectivity index (χ0v) is 16.2. The zero-order chi connectivity index (χ0) is 20.1. The molecule has 1 aromatic carbocycles. The van der Waals surface area contributed by atoms with E-state index in [-0.39, 0.29) is 36.2 Å². The minimum Gasteiger partial charge on any atom is -0.481 e. The highest BCUT2D eigenvalue weighted by Crippen LogP contribution is 2.37. The average molecular weight is 407 g/mol. The van der Waals surface area contributed by atoms with Gasteiger partial charge in [0.1, 0.15) is 6.04 Å². The number of urea groups is 1. The Bertz CT molecular complexity index is 717. The number of amides is 2. The summed E-state index contributed by atoms with van der Waals surface area (Å²) in [4.78, 5) is 34.9. The van der Waals surface area contributed by atoms with E-state index >= 15 is 0 Å². The van der Waals surface area contributed by atoms with Crippen LogP contribution in [0.15, 0.2) is 30.3 Å². The standard InChI is InChI=1S/C19H25N3O5S/c23-16(24)9-5-4-8-15-17-14(11-28-15)20-19(27)22(17)21-13(18(25)26)10-12-6-2-1-3-7-12/h1-3,6-7,13-15,17,21H,4-5,8-11H2,(H,20,27)(H,23,24)(H,25,26)/t13-,14-,15-,17-/m0/s1. The van der Waals surface area contributed by atoms with E-state index in [1.54, 1.807) is 11.8 Å². The first-order chi connectivity index (χ1) is 13.5. The van der Waals surface area contributed by atoms with E-state index in [4.69, 9.17) is 5.11 Å². The minimum absolute atomic E-state index is 0.0272. The van der Waals surface area contributed by atoms with E-state index < -0.39 is 18.0 Å². The van der Waals surface area contributed by atoms with E-state index in [2.05, 4.69) is 10.7 Å². The third-order valence-electron chi connectivity index (χ3n) is 5.11. The number of carboxylic acid groups (broad SMARTS) is 2. The molecule has 2 heterocycles. The fraction of sp³-hybridized carbons (Fsp3) is 0.526. The van der Waals surface area contributed by atoms with Gasteiger partial charge in [0.05, 0.1) is 12.1 Å². The molecule has 0 saturated carbocycles. The van der Waals surface area contributed by atoms with Crippen LogP contribution in [-0.4, -0.2) is 62.3 Å². The lowest BCUT2D eigenvalue weighted by Crippen LogP contribution is -2.55. The number of carbonyl (C=O) groups excluding carboxylic acids is 1. The molecule has 0 aromatic heterocycles. The lowest BCUT2D eigenvalue weighted by molar-refractivity contribution is -0.141. The number of fused-ring (bicyclic) bond motifs is 1. The van der Waals surface area contributed by atoms with Crippen LogP contribution in [0.2, 0.25) is 0 Å². The molecule has 2 amide bonds. The summed E-state index contributed by atoms with van der Waals surface area (Å²) in [6.45, 7) is 0. The average Bonchev–Trinajstić information content (AvgIpc) is 3.18. The van der Waals surface area contributed by atoms with Gasteiger partial charge in [-0.25, -0.2) is 10.2 Å². The fourth-order valence-electron chi connectivity index (χ4n) is 3.75. The molecule has 2 aliphatic heterocycles. The Balaban J connectivity index is 1.64. The molecule has 2 aliphatic rings. The maximum Gasteiger partial charge on any atom is 0.332 e. The summed E-state index contributed by atoms with van der Waals surface area (Å²) in [7, 11) is 0. The molecule has 1 aromatic rings. The van der Waals surface area contributed by atoms with Crippen LogP contribution in [-0.2, 0) is 16.0 Å². The quantitative estimate of drug-likeness (QED) is 0.344. The third-order valence-corrected chi connectivity index (χ3v) is 6.61. The molecule has 0 aliphatic carbocycles. The van der Waals surface area contributed by atoms with Crippen molar-refractivity contribution >= 4 is 29.7 Å². The van der Waals surface area contributed by atoms with Crippen molar-refractivity contribution in [3.63, 3.8) is 0 Å². The molecule has 0 radical (unpaired) electrons. The summed E-state index contributed by atoms with van der Waals surface area (Å²) in [5.74, 6) is -1.04. The minimum atomic E-state index is -1.01. The van der Waals surface area contributed by atoms with Crippen LogP contribution < -0.4 is 10.7 Å². The summed E-state index contributed by atoms with van der Waals surface area (Å²) in [5, 5.41) is 22.9. The number of hydrogen-bond donors (Lipinski definition) is 4. The molecule has 3 rings (SSSR count). The van der Waals surface area contributed by atoms with Crippen molar-refractivity contribution in [1.82, 2.24) is 15.8 Å². The largest absolute Gasteiger partial charge is 0.481 e. The molecule has 4 N–H and O–H groups in total. The molecule has 0 unspecified atom stereocenters. The smallest absolute Gasteiger partial charge is 0.332 e. The summed E-state index contributed by atoms with van der Waals surface area (Å²) >= 11 is 1.75. The Kier molecular flexibility index (Phi) is 6.79. The van der Waals surface area contributed by atoms with E-state index in [0.29, 0.717) is 6.42 Å². The first kappa shape index (κ1) is 20.5. The van der Waals surface area contributed by atoms with E-state index in [9.17, 15) is 19.5 Å². The molecule has 0 bridgehead atoms. The molecule has 2 fully saturated rings. The number of nitrogens with zero attached hydrogens (tertiary/aromatic N) is 1. The molecule has 28 heavy (non-hydrogen) atoms. The Labute approximate surface area is 167 Å². The summed E-state index contributed by atoms with van der Waals surface area (Å²) in [6, 6.07) is 7.93. The van der Waals surface area contributed by atoms with Gasteiger partial charge in [-0.15, -0.1) is 0 Å². The van der Waals surface area contributed by atoms with Gasteiger partial charge in [0.2, 0.25) is 0 Å². The number of hydrazine groups is 1. The number of benzene rings is 1. The van der Waals surface area contributed by atoms with Gasteiger partial charge in [-0.3, -0.25) is 14.6 Å². The van der Waals surface area contributed by atoms with E-state index in [1.165, 1.54) is 5.01 Å². The van der Waals surface area contributed by atoms with Gasteiger partial charge in [-0.05, 0) is 18.4 Å². The summed E-state index contributed by atoms with van der Waals surface area (Å²) in [6.07, 6.45) is 2.57. The van der Waals surface area contributed by atoms with E-state index in [0.717, 1.165) is 24.2 Å². The van der Waals surface area contributed by atoms with Gasteiger partial charge in [-0.2, -0.15) is 11.8 Å². The number of rotatable bonds is 10. The highest BCUT2D eigenvalue weighted by Gasteiger charge is 2.49. The molecule has 0 spiro atoms. The van der Waals surface area contributed by atoms with Crippen molar-refractivity contribution in [3.05, 3.63) is 35.9 Å². The molecule has 4 atom stereocenters. The van der Waals surface area contributed by atoms with Gasteiger partial charge >= 0.3 is 18.0 Å². The van der Waals surface area contributed by atoms with Crippen molar-refractivity contribution in [2.45, 2.75) is 55.5 Å². The Morgan fingerprint density at radius 2 is 2.00 bits per heavy atom. The maximum atomic E-state index is 12.4. The number of carbonyl (C=O) groups is 3. The van der Waals surface area contributed by atoms with Crippen molar-refractivity contribution < 1.29 is 24.6 Å². The lowest BCUT2D eigenvalue weighted by Gasteiger charge is -2.30. The topological polar surface area (TPSA) is 119 Å².